The Morgan fingerprint density at radius 2 is 2.08 bits per heavy atom. The molecule has 0 aromatic carbocycles. The van der Waals surface area contributed by atoms with E-state index in [1.165, 1.54) is 23.1 Å². The van der Waals surface area contributed by atoms with Crippen LogP contribution in [0, 0.1) is 0 Å². The number of carbonyl (C=O) groups excluding carboxylic acids is 3. The average molecular weight is 350 g/mol. The standard InChI is InChI=1S/C16H22N4O5/c1-24-8-5-17-13(21)10-19-6-7-20(11-15(19)22)16(23)12-3-4-14(25-2)18-9-12/h3-4,9H,5-8,10-11H2,1-2H3,(H,17,21). The molecule has 0 unspecified atom stereocenters. The van der Waals surface area contributed by atoms with Gasteiger partial charge in [0.05, 0.1) is 25.8 Å². The fraction of sp³-hybridized carbons (Fsp3) is 0.500. The van der Waals surface area contributed by atoms with Crippen LogP contribution in [0.1, 0.15) is 10.4 Å². The van der Waals surface area contributed by atoms with Gasteiger partial charge in [-0.1, -0.05) is 0 Å². The Morgan fingerprint density at radius 1 is 1.28 bits per heavy atom. The quantitative estimate of drug-likeness (QED) is 0.642. The van der Waals surface area contributed by atoms with Crippen molar-refractivity contribution in [2.24, 2.45) is 0 Å². The molecule has 1 saturated heterocycles. The molecule has 136 valence electrons. The SMILES string of the molecule is COCCNC(=O)CN1CCN(C(=O)c2ccc(OC)nc2)CC1=O. The number of hydrogen-bond donors (Lipinski definition) is 1. The van der Waals surface area contributed by atoms with E-state index in [1.807, 2.05) is 0 Å². The van der Waals surface area contributed by atoms with Crippen LogP contribution in [0.15, 0.2) is 18.3 Å². The van der Waals surface area contributed by atoms with E-state index >= 15 is 0 Å². The Balaban J connectivity index is 1.86. The zero-order valence-corrected chi connectivity index (χ0v) is 14.4. The molecule has 0 atom stereocenters. The summed E-state index contributed by atoms with van der Waals surface area (Å²) in [5.74, 6) is -0.364. The average Bonchev–Trinajstić information content (AvgIpc) is 2.63. The first-order valence-electron chi connectivity index (χ1n) is 7.88. The van der Waals surface area contributed by atoms with Gasteiger partial charge >= 0.3 is 0 Å². The summed E-state index contributed by atoms with van der Waals surface area (Å²) in [5, 5.41) is 2.66. The Labute approximate surface area is 145 Å². The molecular weight excluding hydrogens is 328 g/mol. The third kappa shape index (κ3) is 5.15. The van der Waals surface area contributed by atoms with E-state index in [4.69, 9.17) is 9.47 Å². The van der Waals surface area contributed by atoms with Crippen molar-refractivity contribution >= 4 is 17.7 Å². The van der Waals surface area contributed by atoms with Gasteiger partial charge in [0.2, 0.25) is 17.7 Å². The van der Waals surface area contributed by atoms with Crippen molar-refractivity contribution in [3.63, 3.8) is 0 Å². The van der Waals surface area contributed by atoms with Gasteiger partial charge in [0.25, 0.3) is 5.91 Å². The number of nitrogens with zero attached hydrogens (tertiary/aromatic N) is 3. The van der Waals surface area contributed by atoms with E-state index in [0.29, 0.717) is 37.7 Å². The number of amides is 3. The Kier molecular flexibility index (Phi) is 6.70. The smallest absolute Gasteiger partial charge is 0.255 e. The summed E-state index contributed by atoms with van der Waals surface area (Å²) in [6.45, 7) is 1.41. The lowest BCUT2D eigenvalue weighted by Crippen LogP contribution is -2.54. The van der Waals surface area contributed by atoms with Crippen LogP contribution in [-0.2, 0) is 14.3 Å². The van der Waals surface area contributed by atoms with Crippen molar-refractivity contribution < 1.29 is 23.9 Å². The van der Waals surface area contributed by atoms with E-state index in [2.05, 4.69) is 10.3 Å². The van der Waals surface area contributed by atoms with E-state index in [0.717, 1.165) is 0 Å². The molecule has 1 aliphatic rings. The lowest BCUT2D eigenvalue weighted by molar-refractivity contribution is -0.139. The molecule has 2 rings (SSSR count). The number of aromatic nitrogens is 1. The number of ether oxygens (including phenoxy) is 2. The summed E-state index contributed by atoms with van der Waals surface area (Å²) in [7, 11) is 3.04. The van der Waals surface area contributed by atoms with Crippen molar-refractivity contribution in [1.29, 1.82) is 0 Å². The van der Waals surface area contributed by atoms with Gasteiger partial charge < -0.3 is 24.6 Å². The largest absolute Gasteiger partial charge is 0.481 e. The first-order valence-corrected chi connectivity index (χ1v) is 7.88. The highest BCUT2D eigenvalue weighted by molar-refractivity contribution is 5.97. The molecule has 1 aromatic rings. The monoisotopic (exact) mass is 350 g/mol. The van der Waals surface area contributed by atoms with Crippen LogP contribution in [0.25, 0.3) is 0 Å². The van der Waals surface area contributed by atoms with Crippen LogP contribution in [-0.4, -0.2) is 86.1 Å². The number of piperazine rings is 1. The molecule has 0 spiro atoms. The molecule has 0 bridgehead atoms. The minimum absolute atomic E-state index is 0.0192. The van der Waals surface area contributed by atoms with E-state index in [9.17, 15) is 14.4 Å². The molecule has 1 N–H and O–H groups in total. The number of nitrogens with one attached hydrogen (secondary N) is 1. The maximum Gasteiger partial charge on any atom is 0.255 e. The highest BCUT2D eigenvalue weighted by atomic mass is 16.5. The summed E-state index contributed by atoms with van der Waals surface area (Å²) < 4.78 is 9.80. The minimum atomic E-state index is -0.271. The van der Waals surface area contributed by atoms with Gasteiger partial charge in [-0.3, -0.25) is 14.4 Å². The minimum Gasteiger partial charge on any atom is -0.481 e. The molecule has 1 aromatic heterocycles. The first-order chi connectivity index (χ1) is 12.0. The molecule has 0 saturated carbocycles. The third-order valence-corrected chi connectivity index (χ3v) is 3.76. The number of rotatable bonds is 7. The van der Waals surface area contributed by atoms with Gasteiger partial charge in [0, 0.05) is 39.0 Å². The van der Waals surface area contributed by atoms with Crippen LogP contribution < -0.4 is 10.1 Å². The molecule has 0 aliphatic carbocycles. The second-order valence-corrected chi connectivity index (χ2v) is 5.47. The van der Waals surface area contributed by atoms with E-state index < -0.39 is 0 Å². The molecule has 3 amide bonds. The lowest BCUT2D eigenvalue weighted by Gasteiger charge is -2.33. The fourth-order valence-corrected chi connectivity index (χ4v) is 2.38. The van der Waals surface area contributed by atoms with Crippen molar-refractivity contribution in [3.05, 3.63) is 23.9 Å². The maximum atomic E-state index is 12.4. The van der Waals surface area contributed by atoms with Crippen molar-refractivity contribution in [2.75, 3.05) is 53.6 Å². The number of hydrogen-bond acceptors (Lipinski definition) is 6. The molecule has 25 heavy (non-hydrogen) atoms. The second kappa shape index (κ2) is 8.97. The summed E-state index contributed by atoms with van der Waals surface area (Å²) in [5.41, 5.74) is 0.388. The van der Waals surface area contributed by atoms with Crippen LogP contribution in [0.2, 0.25) is 0 Å². The normalized spacial score (nSPS) is 14.4. The van der Waals surface area contributed by atoms with E-state index in [1.54, 1.807) is 19.2 Å². The third-order valence-electron chi connectivity index (χ3n) is 3.76. The van der Waals surface area contributed by atoms with Crippen molar-refractivity contribution in [1.82, 2.24) is 20.1 Å². The zero-order chi connectivity index (χ0) is 18.2. The summed E-state index contributed by atoms with van der Waals surface area (Å²) in [6, 6.07) is 3.20. The fourth-order valence-electron chi connectivity index (χ4n) is 2.38. The second-order valence-electron chi connectivity index (χ2n) is 5.47. The molecule has 9 heteroatoms. The van der Waals surface area contributed by atoms with Gasteiger partial charge in [-0.2, -0.15) is 0 Å². The highest BCUT2D eigenvalue weighted by Crippen LogP contribution is 2.12. The number of carbonyl (C=O) groups is 3. The molecule has 1 fully saturated rings. The van der Waals surface area contributed by atoms with Crippen LogP contribution in [0.4, 0.5) is 0 Å². The van der Waals surface area contributed by atoms with Gasteiger partial charge in [-0.25, -0.2) is 4.98 Å². The lowest BCUT2D eigenvalue weighted by atomic mass is 10.2. The highest BCUT2D eigenvalue weighted by Gasteiger charge is 2.28. The molecule has 9 nitrogen and oxygen atoms in total. The summed E-state index contributed by atoms with van der Waals surface area (Å²) in [6.07, 6.45) is 1.42. The van der Waals surface area contributed by atoms with Crippen LogP contribution in [0.3, 0.4) is 0 Å². The van der Waals surface area contributed by atoms with Crippen molar-refractivity contribution in [2.45, 2.75) is 0 Å². The Morgan fingerprint density at radius 3 is 2.68 bits per heavy atom. The Bertz CT molecular complexity index is 619. The van der Waals surface area contributed by atoms with Gasteiger partial charge in [0.1, 0.15) is 6.54 Å². The van der Waals surface area contributed by atoms with Crippen LogP contribution in [0.5, 0.6) is 5.88 Å². The molecular formula is C16H22N4O5. The van der Waals surface area contributed by atoms with Gasteiger partial charge in [-0.05, 0) is 6.07 Å². The topological polar surface area (TPSA) is 101 Å². The summed E-state index contributed by atoms with van der Waals surface area (Å²) >= 11 is 0. The van der Waals surface area contributed by atoms with Crippen molar-refractivity contribution in [3.8, 4) is 5.88 Å². The summed E-state index contributed by atoms with van der Waals surface area (Å²) in [4.78, 5) is 43.3. The number of methoxy groups -OCH3 is 2. The molecule has 0 radical (unpaired) electrons. The molecule has 2 heterocycles. The van der Waals surface area contributed by atoms with Crippen LogP contribution >= 0.6 is 0 Å². The maximum absolute atomic E-state index is 12.4. The van der Waals surface area contributed by atoms with Gasteiger partial charge in [0.15, 0.2) is 0 Å². The molecule has 1 aliphatic heterocycles. The zero-order valence-electron chi connectivity index (χ0n) is 14.4. The predicted molar refractivity (Wildman–Crippen MR) is 88.2 cm³/mol. The predicted octanol–water partition coefficient (Wildman–Crippen LogP) is -0.863. The van der Waals surface area contributed by atoms with Gasteiger partial charge in [-0.15, -0.1) is 0 Å². The number of pyridine rings is 1. The van der Waals surface area contributed by atoms with E-state index in [-0.39, 0.29) is 30.8 Å². The first kappa shape index (κ1) is 18.7. The Hall–Kier alpha value is -2.68.